The van der Waals surface area contributed by atoms with Crippen LogP contribution in [0.5, 0.6) is 0 Å². The van der Waals surface area contributed by atoms with Crippen molar-refractivity contribution in [3.05, 3.63) is 29.0 Å². The molecule has 1 atom stereocenters. The monoisotopic (exact) mass is 338 g/mol. The van der Waals surface area contributed by atoms with Crippen molar-refractivity contribution in [2.75, 3.05) is 0 Å². The third-order valence-corrected chi connectivity index (χ3v) is 3.62. The summed E-state index contributed by atoms with van der Waals surface area (Å²) < 4.78 is 38.4. The smallest absolute Gasteiger partial charge is 0.327 e. The number of halogens is 5. The van der Waals surface area contributed by atoms with Crippen molar-refractivity contribution in [2.24, 2.45) is 0 Å². The second kappa shape index (κ2) is 6.44. The fraction of sp³-hybridized carbons (Fsp3) is 0.500. The van der Waals surface area contributed by atoms with Crippen molar-refractivity contribution >= 4 is 34.2 Å². The fourth-order valence-corrected chi connectivity index (χ4v) is 2.58. The number of hydrogen-bond donors (Lipinski definition) is 0. The Labute approximate surface area is 130 Å². The third-order valence-electron chi connectivity index (χ3n) is 3.19. The summed E-state index contributed by atoms with van der Waals surface area (Å²) in [5.41, 5.74) is 1.55. The second-order valence-electron chi connectivity index (χ2n) is 4.94. The maximum atomic E-state index is 12.2. The molecule has 0 radical (unpaired) electrons. The number of fused-ring (bicyclic) bond motifs is 1. The number of alkyl halides is 4. The van der Waals surface area contributed by atoms with Crippen molar-refractivity contribution < 1.29 is 13.2 Å². The van der Waals surface area contributed by atoms with Gasteiger partial charge in [-0.05, 0) is 38.0 Å². The SMILES string of the molecule is CC(Cl)c1nc2ccc(Cl)cc2n1CCCCC(F)(F)F. The lowest BCUT2D eigenvalue weighted by atomic mass is 10.2. The van der Waals surface area contributed by atoms with Crippen molar-refractivity contribution in [3.63, 3.8) is 0 Å². The van der Waals surface area contributed by atoms with Crippen molar-refractivity contribution in [1.29, 1.82) is 0 Å². The Morgan fingerprint density at radius 2 is 2.00 bits per heavy atom. The molecule has 116 valence electrons. The minimum Gasteiger partial charge on any atom is -0.327 e. The Morgan fingerprint density at radius 3 is 2.62 bits per heavy atom. The molecule has 21 heavy (non-hydrogen) atoms. The van der Waals surface area contributed by atoms with Gasteiger partial charge >= 0.3 is 6.18 Å². The Balaban J connectivity index is 2.20. The molecule has 2 aromatic rings. The van der Waals surface area contributed by atoms with Crippen LogP contribution in [0.3, 0.4) is 0 Å². The number of aryl methyl sites for hydroxylation is 1. The van der Waals surface area contributed by atoms with Crippen molar-refractivity contribution in [1.82, 2.24) is 9.55 Å². The van der Waals surface area contributed by atoms with Gasteiger partial charge in [0.2, 0.25) is 0 Å². The van der Waals surface area contributed by atoms with Gasteiger partial charge in [-0.1, -0.05) is 11.6 Å². The number of rotatable bonds is 5. The lowest BCUT2D eigenvalue weighted by Gasteiger charge is -2.11. The van der Waals surface area contributed by atoms with Gasteiger partial charge in [0.25, 0.3) is 0 Å². The molecule has 0 amide bonds. The summed E-state index contributed by atoms with van der Waals surface area (Å²) in [6.45, 7) is 2.23. The molecule has 0 saturated heterocycles. The molecule has 0 aliphatic rings. The summed E-state index contributed by atoms with van der Waals surface area (Å²) in [4.78, 5) is 4.43. The van der Waals surface area contributed by atoms with E-state index >= 15 is 0 Å². The average molecular weight is 339 g/mol. The first-order valence-corrected chi connectivity index (χ1v) is 7.46. The molecule has 2 rings (SSSR count). The summed E-state index contributed by atoms with van der Waals surface area (Å²) >= 11 is 12.1. The number of nitrogens with zero attached hydrogens (tertiary/aromatic N) is 2. The highest BCUT2D eigenvalue weighted by atomic mass is 35.5. The van der Waals surface area contributed by atoms with Crippen molar-refractivity contribution in [3.8, 4) is 0 Å². The van der Waals surface area contributed by atoms with Gasteiger partial charge in [0, 0.05) is 18.0 Å². The van der Waals surface area contributed by atoms with Crippen LogP contribution < -0.4 is 0 Å². The summed E-state index contributed by atoms with van der Waals surface area (Å²) in [6.07, 6.45) is -4.39. The molecule has 0 saturated carbocycles. The van der Waals surface area contributed by atoms with Gasteiger partial charge in [0.15, 0.2) is 0 Å². The van der Waals surface area contributed by atoms with E-state index in [2.05, 4.69) is 4.98 Å². The van der Waals surface area contributed by atoms with Gasteiger partial charge < -0.3 is 4.57 Å². The number of hydrogen-bond acceptors (Lipinski definition) is 1. The quantitative estimate of drug-likeness (QED) is 0.503. The van der Waals surface area contributed by atoms with E-state index in [-0.39, 0.29) is 11.8 Å². The number of benzene rings is 1. The molecule has 7 heteroatoms. The molecule has 0 spiro atoms. The van der Waals surface area contributed by atoms with E-state index < -0.39 is 12.6 Å². The van der Waals surface area contributed by atoms with Crippen LogP contribution in [0, 0.1) is 0 Å². The van der Waals surface area contributed by atoms with Crippen LogP contribution in [0.25, 0.3) is 11.0 Å². The highest BCUT2D eigenvalue weighted by molar-refractivity contribution is 6.31. The lowest BCUT2D eigenvalue weighted by molar-refractivity contribution is -0.135. The first kappa shape index (κ1) is 16.4. The summed E-state index contributed by atoms with van der Waals surface area (Å²) in [6, 6.07) is 5.27. The standard InChI is InChI=1S/C14H15Cl2F3N2/c1-9(15)13-20-11-5-4-10(16)8-12(11)21(13)7-3-2-6-14(17,18)19/h4-5,8-9H,2-3,6-7H2,1H3. The van der Waals surface area contributed by atoms with E-state index in [0.717, 1.165) is 11.0 Å². The van der Waals surface area contributed by atoms with E-state index in [1.807, 2.05) is 4.57 Å². The van der Waals surface area contributed by atoms with Gasteiger partial charge in [-0.15, -0.1) is 11.6 Å². The normalized spacial score (nSPS) is 13.8. The number of imidazole rings is 1. The zero-order chi connectivity index (χ0) is 15.6. The minimum atomic E-state index is -4.11. The van der Waals surface area contributed by atoms with Crippen LogP contribution in [-0.4, -0.2) is 15.7 Å². The Hall–Kier alpha value is -0.940. The first-order chi connectivity index (χ1) is 9.78. The van der Waals surface area contributed by atoms with Gasteiger partial charge in [0.1, 0.15) is 5.82 Å². The van der Waals surface area contributed by atoms with Crippen LogP contribution in [0.4, 0.5) is 13.2 Å². The fourth-order valence-electron chi connectivity index (χ4n) is 2.25. The zero-order valence-electron chi connectivity index (χ0n) is 11.4. The molecule has 0 aliphatic carbocycles. The topological polar surface area (TPSA) is 17.8 Å². The molecule has 2 nitrogen and oxygen atoms in total. The Bertz CT molecular complexity index is 620. The third kappa shape index (κ3) is 4.27. The van der Waals surface area contributed by atoms with E-state index in [0.29, 0.717) is 23.8 Å². The van der Waals surface area contributed by atoms with Gasteiger partial charge in [-0.3, -0.25) is 0 Å². The second-order valence-corrected chi connectivity index (χ2v) is 6.03. The molecular formula is C14H15Cl2F3N2. The van der Waals surface area contributed by atoms with Gasteiger partial charge in [-0.25, -0.2) is 4.98 Å². The van der Waals surface area contributed by atoms with E-state index in [4.69, 9.17) is 23.2 Å². The van der Waals surface area contributed by atoms with Crippen LogP contribution in [0.2, 0.25) is 5.02 Å². The Kier molecular flexibility index (Phi) is 5.04. The number of aromatic nitrogens is 2. The lowest BCUT2D eigenvalue weighted by Crippen LogP contribution is -2.09. The van der Waals surface area contributed by atoms with Crippen LogP contribution >= 0.6 is 23.2 Å². The highest BCUT2D eigenvalue weighted by Gasteiger charge is 2.26. The van der Waals surface area contributed by atoms with Crippen LogP contribution in [0.1, 0.15) is 37.4 Å². The largest absolute Gasteiger partial charge is 0.389 e. The summed E-state index contributed by atoms with van der Waals surface area (Å²) in [5.74, 6) is 0.654. The minimum absolute atomic E-state index is 0.0832. The van der Waals surface area contributed by atoms with Gasteiger partial charge in [-0.2, -0.15) is 13.2 Å². The van der Waals surface area contributed by atoms with Gasteiger partial charge in [0.05, 0.1) is 16.4 Å². The summed E-state index contributed by atoms with van der Waals surface area (Å²) in [5, 5.41) is 0.242. The molecule has 1 aromatic heterocycles. The maximum absolute atomic E-state index is 12.2. The molecule has 1 unspecified atom stereocenters. The highest BCUT2D eigenvalue weighted by Crippen LogP contribution is 2.28. The van der Waals surface area contributed by atoms with E-state index in [1.165, 1.54) is 0 Å². The van der Waals surface area contributed by atoms with E-state index in [9.17, 15) is 13.2 Å². The predicted molar refractivity (Wildman–Crippen MR) is 78.9 cm³/mol. The maximum Gasteiger partial charge on any atom is 0.389 e. The molecule has 0 fully saturated rings. The van der Waals surface area contributed by atoms with Crippen LogP contribution in [-0.2, 0) is 6.54 Å². The van der Waals surface area contributed by atoms with E-state index in [1.54, 1.807) is 25.1 Å². The molecule has 0 aliphatic heterocycles. The molecule has 1 heterocycles. The Morgan fingerprint density at radius 1 is 1.29 bits per heavy atom. The molecular weight excluding hydrogens is 324 g/mol. The molecule has 1 aromatic carbocycles. The molecule has 0 N–H and O–H groups in total. The average Bonchev–Trinajstić information content (AvgIpc) is 2.72. The molecule has 0 bridgehead atoms. The zero-order valence-corrected chi connectivity index (χ0v) is 12.9. The predicted octanol–water partition coefficient (Wildman–Crippen LogP) is 5.72. The first-order valence-electron chi connectivity index (χ1n) is 6.64. The summed E-state index contributed by atoms with van der Waals surface area (Å²) in [7, 11) is 0. The van der Waals surface area contributed by atoms with Crippen molar-refractivity contribution in [2.45, 2.75) is 44.3 Å². The van der Waals surface area contributed by atoms with Crippen LogP contribution in [0.15, 0.2) is 18.2 Å². The number of unbranched alkanes of at least 4 members (excludes halogenated alkanes) is 1.